The van der Waals surface area contributed by atoms with E-state index >= 15 is 0 Å². The van der Waals surface area contributed by atoms with Gasteiger partial charge in [-0.15, -0.1) is 5.10 Å². The SMILES string of the molecule is Cc1nn(Cc2ccc(Cl)cc2Cl)c(C)c1NC(=O)c1nc2n(n1)[C@H](C(F)F)C[C@H](C)N2. The molecule has 4 rings (SSSR count). The van der Waals surface area contributed by atoms with E-state index in [1.807, 2.05) is 6.07 Å². The van der Waals surface area contributed by atoms with E-state index < -0.39 is 18.4 Å². The van der Waals surface area contributed by atoms with Crippen LogP contribution >= 0.6 is 23.2 Å². The highest BCUT2D eigenvalue weighted by atomic mass is 35.5. The van der Waals surface area contributed by atoms with E-state index in [9.17, 15) is 13.6 Å². The average Bonchev–Trinajstić information content (AvgIpc) is 3.25. The lowest BCUT2D eigenvalue weighted by atomic mass is 10.1. The molecule has 3 aromatic rings. The van der Waals surface area contributed by atoms with Crippen molar-refractivity contribution in [1.29, 1.82) is 0 Å². The first-order chi connectivity index (χ1) is 15.1. The Bertz CT molecular complexity index is 1180. The highest BCUT2D eigenvalue weighted by Crippen LogP contribution is 2.30. The van der Waals surface area contributed by atoms with E-state index in [0.29, 0.717) is 33.7 Å². The number of nitrogens with one attached hydrogen (secondary N) is 2. The van der Waals surface area contributed by atoms with Gasteiger partial charge in [0.1, 0.15) is 6.04 Å². The summed E-state index contributed by atoms with van der Waals surface area (Å²) >= 11 is 12.2. The third-order valence-electron chi connectivity index (χ3n) is 5.37. The first-order valence-electron chi connectivity index (χ1n) is 9.94. The molecular formula is C20H21Cl2F2N7O. The van der Waals surface area contributed by atoms with Crippen molar-refractivity contribution in [1.82, 2.24) is 24.5 Å². The van der Waals surface area contributed by atoms with Gasteiger partial charge in [0.2, 0.25) is 11.8 Å². The zero-order valence-electron chi connectivity index (χ0n) is 17.5. The molecule has 1 aliphatic rings. The van der Waals surface area contributed by atoms with Gasteiger partial charge in [-0.1, -0.05) is 29.3 Å². The van der Waals surface area contributed by atoms with Crippen LogP contribution in [0.2, 0.25) is 10.0 Å². The van der Waals surface area contributed by atoms with Crippen LogP contribution in [0.15, 0.2) is 18.2 Å². The Morgan fingerprint density at radius 1 is 1.31 bits per heavy atom. The number of benzene rings is 1. The largest absolute Gasteiger partial charge is 0.352 e. The molecule has 0 saturated carbocycles. The normalized spacial score (nSPS) is 17.9. The molecule has 0 unspecified atom stereocenters. The second-order valence-electron chi connectivity index (χ2n) is 7.78. The number of hydrogen-bond acceptors (Lipinski definition) is 5. The van der Waals surface area contributed by atoms with Gasteiger partial charge in [-0.3, -0.25) is 9.48 Å². The molecule has 2 aromatic heterocycles. The highest BCUT2D eigenvalue weighted by Gasteiger charge is 2.34. The lowest BCUT2D eigenvalue weighted by Crippen LogP contribution is -2.33. The van der Waals surface area contributed by atoms with Gasteiger partial charge in [-0.2, -0.15) is 10.1 Å². The number of alkyl halides is 2. The molecule has 0 aliphatic carbocycles. The molecule has 170 valence electrons. The summed E-state index contributed by atoms with van der Waals surface area (Å²) in [6.45, 7) is 5.72. The van der Waals surface area contributed by atoms with Crippen molar-refractivity contribution in [2.75, 3.05) is 10.6 Å². The van der Waals surface area contributed by atoms with Gasteiger partial charge in [0.25, 0.3) is 12.3 Å². The Labute approximate surface area is 192 Å². The summed E-state index contributed by atoms with van der Waals surface area (Å²) in [4.78, 5) is 16.9. The van der Waals surface area contributed by atoms with Crippen LogP contribution in [0.25, 0.3) is 0 Å². The minimum absolute atomic E-state index is 0.153. The molecule has 32 heavy (non-hydrogen) atoms. The van der Waals surface area contributed by atoms with Crippen LogP contribution < -0.4 is 10.6 Å². The van der Waals surface area contributed by atoms with E-state index in [-0.39, 0.29) is 24.2 Å². The van der Waals surface area contributed by atoms with Crippen LogP contribution in [-0.2, 0) is 6.54 Å². The fourth-order valence-electron chi connectivity index (χ4n) is 3.71. The van der Waals surface area contributed by atoms with Gasteiger partial charge in [0, 0.05) is 16.1 Å². The lowest BCUT2D eigenvalue weighted by Gasteiger charge is -2.28. The van der Waals surface area contributed by atoms with E-state index in [1.54, 1.807) is 37.6 Å². The first-order valence-corrected chi connectivity index (χ1v) is 10.7. The number of halogens is 4. The van der Waals surface area contributed by atoms with Crippen LogP contribution in [0.5, 0.6) is 0 Å². The minimum atomic E-state index is -2.61. The molecule has 0 spiro atoms. The standard InChI is InChI=1S/C20H21Cl2F2N7O/c1-9-6-15(17(23)24)31-20(25-9)27-18(29-31)19(32)26-16-10(2)28-30(11(16)3)8-12-4-5-13(21)7-14(12)22/h4-5,7,9,15,17H,6,8H2,1-3H3,(H,26,32)(H,25,27,29)/t9-,15-/m0/s1. The van der Waals surface area contributed by atoms with Gasteiger partial charge in [-0.05, 0) is 44.9 Å². The van der Waals surface area contributed by atoms with Crippen molar-refractivity contribution in [2.24, 2.45) is 0 Å². The molecule has 1 aromatic carbocycles. The molecular weight excluding hydrogens is 463 g/mol. The number of aryl methyl sites for hydroxylation is 1. The number of hydrogen-bond donors (Lipinski definition) is 2. The van der Waals surface area contributed by atoms with Crippen molar-refractivity contribution in [3.63, 3.8) is 0 Å². The highest BCUT2D eigenvalue weighted by molar-refractivity contribution is 6.35. The monoisotopic (exact) mass is 483 g/mol. The fraction of sp³-hybridized carbons (Fsp3) is 0.400. The van der Waals surface area contributed by atoms with Crippen LogP contribution in [0.1, 0.15) is 47.0 Å². The third kappa shape index (κ3) is 4.29. The Balaban J connectivity index is 1.56. The number of fused-ring (bicyclic) bond motifs is 1. The molecule has 1 amide bonds. The summed E-state index contributed by atoms with van der Waals surface area (Å²) < 4.78 is 29.6. The number of anilines is 2. The lowest BCUT2D eigenvalue weighted by molar-refractivity contribution is 0.0662. The molecule has 8 nitrogen and oxygen atoms in total. The van der Waals surface area contributed by atoms with Crippen molar-refractivity contribution >= 4 is 40.7 Å². The Morgan fingerprint density at radius 3 is 2.75 bits per heavy atom. The van der Waals surface area contributed by atoms with Crippen molar-refractivity contribution in [3.8, 4) is 0 Å². The average molecular weight is 484 g/mol. The summed E-state index contributed by atoms with van der Waals surface area (Å²) in [5, 5.41) is 15.3. The molecule has 0 bridgehead atoms. The predicted octanol–water partition coefficient (Wildman–Crippen LogP) is 4.71. The fourth-order valence-corrected chi connectivity index (χ4v) is 4.18. The van der Waals surface area contributed by atoms with E-state index in [4.69, 9.17) is 23.2 Å². The van der Waals surface area contributed by atoms with Crippen LogP contribution in [-0.4, -0.2) is 42.9 Å². The molecule has 1 aliphatic heterocycles. The topological polar surface area (TPSA) is 89.7 Å². The number of rotatable bonds is 5. The molecule has 2 N–H and O–H groups in total. The first kappa shape index (κ1) is 22.5. The summed E-state index contributed by atoms with van der Waals surface area (Å²) in [6.07, 6.45) is -2.42. The van der Waals surface area contributed by atoms with Crippen LogP contribution in [0, 0.1) is 13.8 Å². The maximum absolute atomic E-state index is 13.4. The van der Waals surface area contributed by atoms with Gasteiger partial charge < -0.3 is 10.6 Å². The Kier molecular flexibility index (Phi) is 6.09. The van der Waals surface area contributed by atoms with Crippen LogP contribution in [0.3, 0.4) is 0 Å². The zero-order valence-corrected chi connectivity index (χ0v) is 19.0. The van der Waals surface area contributed by atoms with Crippen molar-refractivity contribution in [3.05, 3.63) is 51.0 Å². The summed E-state index contributed by atoms with van der Waals surface area (Å²) in [5.74, 6) is -0.648. The van der Waals surface area contributed by atoms with Crippen molar-refractivity contribution < 1.29 is 13.6 Å². The molecule has 0 radical (unpaired) electrons. The second kappa shape index (κ2) is 8.67. The number of amides is 1. The molecule has 2 atom stereocenters. The molecule has 0 saturated heterocycles. The summed E-state index contributed by atoms with van der Waals surface area (Å²) in [5.41, 5.74) is 2.60. The molecule has 12 heteroatoms. The zero-order chi connectivity index (χ0) is 23.2. The molecule has 0 fully saturated rings. The Hall–Kier alpha value is -2.72. The van der Waals surface area contributed by atoms with Gasteiger partial charge in [-0.25, -0.2) is 13.5 Å². The predicted molar refractivity (Wildman–Crippen MR) is 118 cm³/mol. The van der Waals surface area contributed by atoms with Gasteiger partial charge in [0.05, 0.1) is 23.6 Å². The Morgan fingerprint density at radius 2 is 2.06 bits per heavy atom. The van der Waals surface area contributed by atoms with Crippen molar-refractivity contribution in [2.45, 2.75) is 52.2 Å². The number of aromatic nitrogens is 5. The number of carbonyl (C=O) groups is 1. The second-order valence-corrected chi connectivity index (χ2v) is 8.62. The van der Waals surface area contributed by atoms with Gasteiger partial charge >= 0.3 is 0 Å². The van der Waals surface area contributed by atoms with Crippen LogP contribution in [0.4, 0.5) is 20.4 Å². The summed E-state index contributed by atoms with van der Waals surface area (Å²) in [6, 6.07) is 3.87. The maximum atomic E-state index is 13.4. The molecule has 3 heterocycles. The smallest absolute Gasteiger partial charge is 0.295 e. The third-order valence-corrected chi connectivity index (χ3v) is 5.95. The maximum Gasteiger partial charge on any atom is 0.295 e. The van der Waals surface area contributed by atoms with E-state index in [1.165, 1.54) is 0 Å². The number of nitrogens with zero attached hydrogens (tertiary/aromatic N) is 5. The quantitative estimate of drug-likeness (QED) is 0.548. The number of carbonyl (C=O) groups excluding carboxylic acids is 1. The minimum Gasteiger partial charge on any atom is -0.352 e. The summed E-state index contributed by atoms with van der Waals surface area (Å²) in [7, 11) is 0. The van der Waals surface area contributed by atoms with E-state index in [0.717, 1.165) is 10.2 Å². The van der Waals surface area contributed by atoms with E-state index in [2.05, 4.69) is 25.8 Å². The van der Waals surface area contributed by atoms with Gasteiger partial charge in [0.15, 0.2) is 0 Å².